The molecule has 0 aromatic heterocycles. The molecule has 2 aromatic rings. The summed E-state index contributed by atoms with van der Waals surface area (Å²) in [7, 11) is 0. The van der Waals surface area contributed by atoms with Crippen LogP contribution in [0.15, 0.2) is 48.5 Å². The lowest BCUT2D eigenvalue weighted by Gasteiger charge is -2.17. The molecule has 21 heavy (non-hydrogen) atoms. The number of hydrogen-bond donors (Lipinski definition) is 2. The zero-order chi connectivity index (χ0) is 14.8. The van der Waals surface area contributed by atoms with E-state index in [-0.39, 0.29) is 11.7 Å². The van der Waals surface area contributed by atoms with E-state index in [9.17, 15) is 15.2 Å². The van der Waals surface area contributed by atoms with Gasteiger partial charge in [-0.2, -0.15) is 0 Å². The maximum absolute atomic E-state index is 10.6. The number of non-ortho nitro benzene ring substituents is 1. The maximum atomic E-state index is 10.6. The Bertz CT molecular complexity index is 655. The highest BCUT2D eigenvalue weighted by Gasteiger charge is 2.24. The predicted octanol–water partition coefficient (Wildman–Crippen LogP) is 2.86. The van der Waals surface area contributed by atoms with Gasteiger partial charge in [-0.25, -0.2) is 0 Å². The first-order chi connectivity index (χ1) is 10.1. The van der Waals surface area contributed by atoms with E-state index in [0.29, 0.717) is 12.0 Å². The van der Waals surface area contributed by atoms with Crippen LogP contribution in [0.2, 0.25) is 0 Å². The predicted molar refractivity (Wildman–Crippen MR) is 78.7 cm³/mol. The number of nitrogens with zero attached hydrogens (tertiary/aromatic N) is 1. The second kappa shape index (κ2) is 5.63. The van der Waals surface area contributed by atoms with Gasteiger partial charge >= 0.3 is 0 Å². The smallest absolute Gasteiger partial charge is 0.269 e. The van der Waals surface area contributed by atoms with Crippen LogP contribution in [0.4, 0.5) is 5.69 Å². The van der Waals surface area contributed by atoms with E-state index in [4.69, 9.17) is 0 Å². The molecule has 0 spiro atoms. The molecular formula is C16H16N2O3. The third kappa shape index (κ3) is 2.79. The van der Waals surface area contributed by atoms with Crippen molar-refractivity contribution in [2.45, 2.75) is 25.1 Å². The Morgan fingerprint density at radius 2 is 1.95 bits per heavy atom. The SMILES string of the molecule is O=[N+]([O-])c1ccc([C@H](O)C[C@@H]2NCc3ccccc32)cc1. The molecule has 0 aliphatic carbocycles. The topological polar surface area (TPSA) is 75.4 Å². The van der Waals surface area contributed by atoms with Crippen LogP contribution in [0.25, 0.3) is 0 Å². The van der Waals surface area contributed by atoms with Gasteiger partial charge in [0.2, 0.25) is 0 Å². The summed E-state index contributed by atoms with van der Waals surface area (Å²) in [5, 5.41) is 24.3. The fourth-order valence-corrected chi connectivity index (χ4v) is 2.77. The number of aliphatic hydroxyl groups is 1. The Labute approximate surface area is 122 Å². The molecule has 1 aliphatic heterocycles. The summed E-state index contributed by atoms with van der Waals surface area (Å²) in [4.78, 5) is 10.2. The molecule has 1 aliphatic rings. The van der Waals surface area contributed by atoms with Crippen molar-refractivity contribution >= 4 is 5.69 Å². The number of nitrogens with one attached hydrogen (secondary N) is 1. The molecule has 3 rings (SSSR count). The largest absolute Gasteiger partial charge is 0.388 e. The minimum Gasteiger partial charge on any atom is -0.388 e. The van der Waals surface area contributed by atoms with Crippen LogP contribution in [0.5, 0.6) is 0 Å². The lowest BCUT2D eigenvalue weighted by atomic mass is 9.97. The minimum atomic E-state index is -0.644. The molecule has 0 saturated carbocycles. The lowest BCUT2D eigenvalue weighted by Crippen LogP contribution is -2.15. The first-order valence-electron chi connectivity index (χ1n) is 6.89. The van der Waals surface area contributed by atoms with Crippen LogP contribution in [-0.2, 0) is 6.54 Å². The zero-order valence-corrected chi connectivity index (χ0v) is 11.4. The van der Waals surface area contributed by atoms with E-state index in [1.54, 1.807) is 12.1 Å². The zero-order valence-electron chi connectivity index (χ0n) is 11.4. The van der Waals surface area contributed by atoms with Gasteiger partial charge in [-0.05, 0) is 35.2 Å². The first-order valence-corrected chi connectivity index (χ1v) is 6.89. The quantitative estimate of drug-likeness (QED) is 0.668. The average Bonchev–Trinajstić information content (AvgIpc) is 2.91. The molecule has 108 valence electrons. The van der Waals surface area contributed by atoms with Gasteiger partial charge in [0.15, 0.2) is 0 Å². The van der Waals surface area contributed by atoms with Crippen molar-refractivity contribution in [1.29, 1.82) is 0 Å². The normalized spacial score (nSPS) is 18.2. The molecule has 0 radical (unpaired) electrons. The van der Waals surface area contributed by atoms with Crippen molar-refractivity contribution < 1.29 is 10.0 Å². The van der Waals surface area contributed by atoms with Gasteiger partial charge in [-0.1, -0.05) is 24.3 Å². The van der Waals surface area contributed by atoms with Gasteiger partial charge < -0.3 is 10.4 Å². The van der Waals surface area contributed by atoms with Gasteiger partial charge in [-0.15, -0.1) is 0 Å². The number of fused-ring (bicyclic) bond motifs is 1. The van der Waals surface area contributed by atoms with Crippen molar-refractivity contribution in [3.63, 3.8) is 0 Å². The molecule has 0 saturated heterocycles. The summed E-state index contributed by atoms with van der Waals surface area (Å²) in [6.45, 7) is 0.813. The third-order valence-electron chi connectivity index (χ3n) is 3.92. The molecular weight excluding hydrogens is 268 g/mol. The summed E-state index contributed by atoms with van der Waals surface area (Å²) in [5.41, 5.74) is 3.22. The van der Waals surface area contributed by atoms with Crippen LogP contribution in [0.3, 0.4) is 0 Å². The van der Waals surface area contributed by atoms with E-state index in [1.165, 1.54) is 23.3 Å². The van der Waals surface area contributed by atoms with E-state index >= 15 is 0 Å². The van der Waals surface area contributed by atoms with Crippen molar-refractivity contribution in [1.82, 2.24) is 5.32 Å². The van der Waals surface area contributed by atoms with Gasteiger partial charge in [0, 0.05) is 24.7 Å². The Morgan fingerprint density at radius 1 is 1.24 bits per heavy atom. The van der Waals surface area contributed by atoms with Crippen LogP contribution >= 0.6 is 0 Å². The number of hydrogen-bond acceptors (Lipinski definition) is 4. The maximum Gasteiger partial charge on any atom is 0.269 e. The van der Waals surface area contributed by atoms with E-state index in [1.807, 2.05) is 12.1 Å². The van der Waals surface area contributed by atoms with E-state index in [0.717, 1.165) is 6.54 Å². The molecule has 0 unspecified atom stereocenters. The molecule has 0 bridgehead atoms. The highest BCUT2D eigenvalue weighted by atomic mass is 16.6. The monoisotopic (exact) mass is 284 g/mol. The molecule has 5 heteroatoms. The number of aliphatic hydroxyl groups excluding tert-OH is 1. The summed E-state index contributed by atoms with van der Waals surface area (Å²) in [6.07, 6.45) is -0.0936. The first kappa shape index (κ1) is 13.7. The standard InChI is InChI=1S/C16H16N2O3/c19-16(11-5-7-13(8-6-11)18(20)21)9-15-14-4-2-1-3-12(14)10-17-15/h1-8,15-17,19H,9-10H2/t15-,16+/m0/s1. The molecule has 1 heterocycles. The molecule has 2 atom stereocenters. The number of rotatable bonds is 4. The molecule has 2 N–H and O–H groups in total. The number of benzene rings is 2. The van der Waals surface area contributed by atoms with Gasteiger partial charge in [0.05, 0.1) is 11.0 Å². The molecule has 5 nitrogen and oxygen atoms in total. The van der Waals surface area contributed by atoms with Gasteiger partial charge in [0.1, 0.15) is 0 Å². The van der Waals surface area contributed by atoms with Crippen molar-refractivity contribution in [3.05, 3.63) is 75.3 Å². The van der Waals surface area contributed by atoms with Crippen molar-refractivity contribution in [2.24, 2.45) is 0 Å². The van der Waals surface area contributed by atoms with Crippen molar-refractivity contribution in [3.8, 4) is 0 Å². The lowest BCUT2D eigenvalue weighted by molar-refractivity contribution is -0.384. The van der Waals surface area contributed by atoms with E-state index < -0.39 is 11.0 Å². The second-order valence-corrected chi connectivity index (χ2v) is 5.23. The molecule has 0 amide bonds. The minimum absolute atomic E-state index is 0.0373. The van der Waals surface area contributed by atoms with Gasteiger partial charge in [-0.3, -0.25) is 10.1 Å². The van der Waals surface area contributed by atoms with Gasteiger partial charge in [0.25, 0.3) is 5.69 Å². The fraction of sp³-hybridized carbons (Fsp3) is 0.250. The number of nitro benzene ring substituents is 1. The summed E-state index contributed by atoms with van der Waals surface area (Å²) >= 11 is 0. The fourth-order valence-electron chi connectivity index (χ4n) is 2.77. The Kier molecular flexibility index (Phi) is 3.68. The Morgan fingerprint density at radius 3 is 2.67 bits per heavy atom. The van der Waals surface area contributed by atoms with Crippen molar-refractivity contribution in [2.75, 3.05) is 0 Å². The molecule has 0 fully saturated rings. The van der Waals surface area contributed by atoms with Crippen LogP contribution in [0, 0.1) is 10.1 Å². The van der Waals surface area contributed by atoms with E-state index in [2.05, 4.69) is 17.4 Å². The Hall–Kier alpha value is -2.24. The highest BCUT2D eigenvalue weighted by Crippen LogP contribution is 2.32. The van der Waals surface area contributed by atoms with Crippen LogP contribution in [0.1, 0.15) is 35.3 Å². The highest BCUT2D eigenvalue weighted by molar-refractivity contribution is 5.36. The average molecular weight is 284 g/mol. The summed E-state index contributed by atoms with van der Waals surface area (Å²) in [5.74, 6) is 0. The summed E-state index contributed by atoms with van der Waals surface area (Å²) in [6, 6.07) is 14.4. The third-order valence-corrected chi connectivity index (χ3v) is 3.92. The molecule has 2 aromatic carbocycles. The number of nitro groups is 1. The van der Waals surface area contributed by atoms with Crippen LogP contribution < -0.4 is 5.32 Å². The summed E-state index contributed by atoms with van der Waals surface area (Å²) < 4.78 is 0. The van der Waals surface area contributed by atoms with Crippen LogP contribution in [-0.4, -0.2) is 10.0 Å². The second-order valence-electron chi connectivity index (χ2n) is 5.23. The Balaban J connectivity index is 1.72.